The van der Waals surface area contributed by atoms with Crippen LogP contribution >= 0.6 is 0 Å². The third-order valence-electron chi connectivity index (χ3n) is 1.69. The average molecular weight is 175 g/mol. The van der Waals surface area contributed by atoms with E-state index < -0.39 is 18.1 Å². The number of hydroxylamine groups is 2. The largest absolute Gasteiger partial charge is 0.387 e. The number of aliphatic hydroxyl groups is 2. The van der Waals surface area contributed by atoms with Crippen LogP contribution in [-0.4, -0.2) is 46.0 Å². The Kier molecular flexibility index (Phi) is 2.66. The van der Waals surface area contributed by atoms with Gasteiger partial charge >= 0.3 is 0 Å². The zero-order valence-corrected chi connectivity index (χ0v) is 7.10. The van der Waals surface area contributed by atoms with Gasteiger partial charge in [-0.05, 0) is 13.8 Å². The molecular formula is C7H13NO4. The molecule has 2 unspecified atom stereocenters. The molecule has 0 bridgehead atoms. The Labute approximate surface area is 70.5 Å². The Hall–Kier alpha value is -0.650. The number of hydrogen-bond donors (Lipinski definition) is 2. The summed E-state index contributed by atoms with van der Waals surface area (Å²) < 4.78 is 0. The molecule has 12 heavy (non-hydrogen) atoms. The fourth-order valence-corrected chi connectivity index (χ4v) is 1.01. The van der Waals surface area contributed by atoms with Crippen LogP contribution in [0.2, 0.25) is 0 Å². The maximum absolute atomic E-state index is 11.2. The highest BCUT2D eigenvalue weighted by Gasteiger charge is 2.36. The van der Waals surface area contributed by atoms with E-state index in [4.69, 9.17) is 15.1 Å². The van der Waals surface area contributed by atoms with E-state index in [1.807, 2.05) is 0 Å². The molecule has 1 saturated heterocycles. The standard InChI is InChI=1S/C7H13NO4/c1-4(2)8-7(11)6(10)5(9)3-12-8/h4-6,9-10H,3H2,1-2H3. The summed E-state index contributed by atoms with van der Waals surface area (Å²) in [6.45, 7) is 3.50. The van der Waals surface area contributed by atoms with Crippen molar-refractivity contribution in [1.29, 1.82) is 0 Å². The zero-order chi connectivity index (χ0) is 9.30. The molecule has 1 amide bonds. The van der Waals surface area contributed by atoms with Crippen LogP contribution in [0.3, 0.4) is 0 Å². The topological polar surface area (TPSA) is 70.0 Å². The van der Waals surface area contributed by atoms with Crippen LogP contribution in [0, 0.1) is 0 Å². The van der Waals surface area contributed by atoms with Gasteiger partial charge in [-0.1, -0.05) is 0 Å². The predicted molar refractivity (Wildman–Crippen MR) is 39.9 cm³/mol. The quantitative estimate of drug-likeness (QED) is 0.530. The molecule has 1 rings (SSSR count). The molecule has 0 aliphatic carbocycles. The molecule has 0 aromatic heterocycles. The van der Waals surface area contributed by atoms with Gasteiger partial charge in [0, 0.05) is 0 Å². The highest BCUT2D eigenvalue weighted by Crippen LogP contribution is 2.12. The highest BCUT2D eigenvalue weighted by molar-refractivity contribution is 5.81. The summed E-state index contributed by atoms with van der Waals surface area (Å²) in [7, 11) is 0. The molecule has 1 fully saturated rings. The van der Waals surface area contributed by atoms with Gasteiger partial charge in [0.25, 0.3) is 5.91 Å². The molecule has 0 radical (unpaired) electrons. The lowest BCUT2D eigenvalue weighted by Gasteiger charge is -2.34. The predicted octanol–water partition coefficient (Wildman–Crippen LogP) is -1.11. The maximum atomic E-state index is 11.2. The number of hydrogen-bond acceptors (Lipinski definition) is 4. The first-order chi connectivity index (χ1) is 5.54. The van der Waals surface area contributed by atoms with E-state index >= 15 is 0 Å². The molecule has 2 N–H and O–H groups in total. The van der Waals surface area contributed by atoms with E-state index in [9.17, 15) is 4.79 Å². The number of nitrogens with zero attached hydrogens (tertiary/aromatic N) is 1. The van der Waals surface area contributed by atoms with Crippen molar-refractivity contribution in [1.82, 2.24) is 5.06 Å². The second-order valence-electron chi connectivity index (χ2n) is 3.07. The SMILES string of the molecule is CC(C)N1OCC(O)C(O)C1=O. The van der Waals surface area contributed by atoms with E-state index in [-0.39, 0.29) is 12.6 Å². The molecular weight excluding hydrogens is 162 g/mol. The first-order valence-electron chi connectivity index (χ1n) is 3.86. The Morgan fingerprint density at radius 2 is 2.17 bits per heavy atom. The van der Waals surface area contributed by atoms with Gasteiger partial charge in [0.15, 0.2) is 6.10 Å². The molecule has 1 aliphatic heterocycles. The van der Waals surface area contributed by atoms with Crippen molar-refractivity contribution in [3.63, 3.8) is 0 Å². The number of carbonyl (C=O) groups is 1. The van der Waals surface area contributed by atoms with Crippen molar-refractivity contribution < 1.29 is 19.8 Å². The Balaban J connectivity index is 2.65. The lowest BCUT2D eigenvalue weighted by Crippen LogP contribution is -2.54. The van der Waals surface area contributed by atoms with Crippen LogP contribution in [-0.2, 0) is 9.63 Å². The van der Waals surface area contributed by atoms with Gasteiger partial charge in [0.1, 0.15) is 12.7 Å². The van der Waals surface area contributed by atoms with Crippen LogP contribution in [0.15, 0.2) is 0 Å². The minimum absolute atomic E-state index is 0.0366. The summed E-state index contributed by atoms with van der Waals surface area (Å²) in [5, 5.41) is 19.3. The first-order valence-corrected chi connectivity index (χ1v) is 3.86. The lowest BCUT2D eigenvalue weighted by molar-refractivity contribution is -0.243. The van der Waals surface area contributed by atoms with Crippen LogP contribution < -0.4 is 0 Å². The van der Waals surface area contributed by atoms with Crippen LogP contribution in [0.4, 0.5) is 0 Å². The Morgan fingerprint density at radius 3 is 2.67 bits per heavy atom. The molecule has 0 aromatic rings. The normalized spacial score (nSPS) is 31.4. The molecule has 0 aromatic carbocycles. The average Bonchev–Trinajstić information content (AvgIpc) is 2.00. The highest BCUT2D eigenvalue weighted by atomic mass is 16.7. The van der Waals surface area contributed by atoms with E-state index in [1.165, 1.54) is 0 Å². The van der Waals surface area contributed by atoms with Crippen molar-refractivity contribution in [2.45, 2.75) is 32.1 Å². The summed E-state index contributed by atoms with van der Waals surface area (Å²) >= 11 is 0. The number of amides is 1. The molecule has 5 heteroatoms. The van der Waals surface area contributed by atoms with Crippen molar-refractivity contribution >= 4 is 5.91 Å². The zero-order valence-electron chi connectivity index (χ0n) is 7.10. The van der Waals surface area contributed by atoms with Crippen LogP contribution in [0.1, 0.15) is 13.8 Å². The van der Waals surface area contributed by atoms with Gasteiger partial charge in [-0.15, -0.1) is 0 Å². The van der Waals surface area contributed by atoms with Gasteiger partial charge in [-0.3, -0.25) is 9.63 Å². The summed E-state index contributed by atoms with van der Waals surface area (Å²) in [6.07, 6.45) is -2.45. The van der Waals surface area contributed by atoms with E-state index in [1.54, 1.807) is 13.8 Å². The van der Waals surface area contributed by atoms with E-state index in [0.717, 1.165) is 5.06 Å². The molecule has 1 heterocycles. The number of rotatable bonds is 1. The van der Waals surface area contributed by atoms with Crippen molar-refractivity contribution in [2.75, 3.05) is 6.61 Å². The summed E-state index contributed by atoms with van der Waals surface area (Å²) in [4.78, 5) is 16.1. The van der Waals surface area contributed by atoms with Crippen molar-refractivity contribution in [2.24, 2.45) is 0 Å². The van der Waals surface area contributed by atoms with Crippen molar-refractivity contribution in [3.8, 4) is 0 Å². The van der Waals surface area contributed by atoms with Gasteiger partial charge in [0.05, 0.1) is 6.04 Å². The summed E-state index contributed by atoms with van der Waals surface area (Å²) in [5.74, 6) is -0.580. The fourth-order valence-electron chi connectivity index (χ4n) is 1.01. The van der Waals surface area contributed by atoms with Crippen LogP contribution in [0.5, 0.6) is 0 Å². The molecule has 70 valence electrons. The monoisotopic (exact) mass is 175 g/mol. The third-order valence-corrected chi connectivity index (χ3v) is 1.69. The molecule has 2 atom stereocenters. The van der Waals surface area contributed by atoms with E-state index in [2.05, 4.69) is 0 Å². The maximum Gasteiger partial charge on any atom is 0.277 e. The van der Waals surface area contributed by atoms with Gasteiger partial charge < -0.3 is 10.2 Å². The first kappa shape index (κ1) is 9.44. The minimum atomic E-state index is -1.35. The van der Waals surface area contributed by atoms with E-state index in [0.29, 0.717) is 0 Å². The molecule has 5 nitrogen and oxygen atoms in total. The molecule has 0 saturated carbocycles. The molecule has 1 aliphatic rings. The van der Waals surface area contributed by atoms with Gasteiger partial charge in [0.2, 0.25) is 0 Å². The van der Waals surface area contributed by atoms with Gasteiger partial charge in [-0.25, -0.2) is 5.06 Å². The summed E-state index contributed by atoms with van der Waals surface area (Å²) in [6, 6.07) is -0.125. The Morgan fingerprint density at radius 1 is 1.58 bits per heavy atom. The van der Waals surface area contributed by atoms with Crippen molar-refractivity contribution in [3.05, 3.63) is 0 Å². The number of carbonyl (C=O) groups excluding carboxylic acids is 1. The second kappa shape index (κ2) is 3.38. The van der Waals surface area contributed by atoms with Gasteiger partial charge in [-0.2, -0.15) is 0 Å². The summed E-state index contributed by atoms with van der Waals surface area (Å²) in [5.41, 5.74) is 0. The Bertz CT molecular complexity index is 182. The van der Waals surface area contributed by atoms with Crippen LogP contribution in [0.25, 0.3) is 0 Å². The number of aliphatic hydroxyl groups excluding tert-OH is 2. The lowest BCUT2D eigenvalue weighted by atomic mass is 10.1. The second-order valence-corrected chi connectivity index (χ2v) is 3.07. The fraction of sp³-hybridized carbons (Fsp3) is 0.857. The third kappa shape index (κ3) is 1.57. The molecule has 0 spiro atoms. The smallest absolute Gasteiger partial charge is 0.277 e. The minimum Gasteiger partial charge on any atom is -0.387 e.